The highest BCUT2D eigenvalue weighted by atomic mass is 16.5. The summed E-state index contributed by atoms with van der Waals surface area (Å²) in [5, 5.41) is 17.4. The average Bonchev–Trinajstić information content (AvgIpc) is 2.90. The van der Waals surface area contributed by atoms with Gasteiger partial charge in [-0.1, -0.05) is 12.1 Å². The molecule has 0 spiro atoms. The van der Waals surface area contributed by atoms with Crippen molar-refractivity contribution in [3.8, 4) is 17.1 Å². The van der Waals surface area contributed by atoms with Gasteiger partial charge < -0.3 is 14.4 Å². The van der Waals surface area contributed by atoms with Crippen molar-refractivity contribution in [3.05, 3.63) is 30.1 Å². The molecule has 1 aromatic heterocycles. The van der Waals surface area contributed by atoms with Crippen LogP contribution in [0.4, 0.5) is 0 Å². The topological polar surface area (TPSA) is 77.2 Å². The number of nitrogens with zero attached hydrogens (tertiary/aromatic N) is 3. The minimum atomic E-state index is -0.762. The molecular weight excluding hydrogens is 258 g/mol. The van der Waals surface area contributed by atoms with E-state index in [1.165, 1.54) is 0 Å². The standard InChI is InChI=1S/C14H15N3O3/c1-20-11-4-2-3-9(7-11)13-16-15-12-8-10(14(18)19)5-6-17(12)13/h2-4,7,10H,5-6,8H2,1H3,(H,18,19). The molecule has 0 amide bonds. The van der Waals surface area contributed by atoms with E-state index < -0.39 is 5.97 Å². The Kier molecular flexibility index (Phi) is 3.14. The highest BCUT2D eigenvalue weighted by Gasteiger charge is 2.27. The van der Waals surface area contributed by atoms with Crippen molar-refractivity contribution in [2.45, 2.75) is 19.4 Å². The zero-order valence-corrected chi connectivity index (χ0v) is 11.1. The van der Waals surface area contributed by atoms with E-state index >= 15 is 0 Å². The van der Waals surface area contributed by atoms with Crippen LogP contribution in [0.25, 0.3) is 11.4 Å². The Balaban J connectivity index is 1.95. The van der Waals surface area contributed by atoms with Gasteiger partial charge in [-0.2, -0.15) is 0 Å². The number of benzene rings is 1. The molecule has 3 rings (SSSR count). The van der Waals surface area contributed by atoms with Gasteiger partial charge in [0.15, 0.2) is 5.82 Å². The Morgan fingerprint density at radius 3 is 3.05 bits per heavy atom. The lowest BCUT2D eigenvalue weighted by molar-refractivity contribution is -0.142. The minimum absolute atomic E-state index is 0.357. The molecule has 1 N–H and O–H groups in total. The van der Waals surface area contributed by atoms with Gasteiger partial charge in [-0.05, 0) is 18.6 Å². The molecule has 0 radical (unpaired) electrons. The number of carboxylic acids is 1. The number of carboxylic acid groups (broad SMARTS) is 1. The van der Waals surface area contributed by atoms with E-state index in [9.17, 15) is 4.79 Å². The number of ether oxygens (including phenoxy) is 1. The summed E-state index contributed by atoms with van der Waals surface area (Å²) in [6.07, 6.45) is 1.05. The molecule has 0 fully saturated rings. The van der Waals surface area contributed by atoms with E-state index in [0.29, 0.717) is 19.4 Å². The summed E-state index contributed by atoms with van der Waals surface area (Å²) in [6.45, 7) is 0.631. The van der Waals surface area contributed by atoms with Crippen LogP contribution in [-0.2, 0) is 17.8 Å². The van der Waals surface area contributed by atoms with Gasteiger partial charge in [0.1, 0.15) is 11.6 Å². The highest BCUT2D eigenvalue weighted by Crippen LogP contribution is 2.27. The van der Waals surface area contributed by atoms with Crippen molar-refractivity contribution < 1.29 is 14.6 Å². The van der Waals surface area contributed by atoms with Crippen LogP contribution < -0.4 is 4.74 Å². The Labute approximate surface area is 116 Å². The van der Waals surface area contributed by atoms with Crippen LogP contribution in [0.2, 0.25) is 0 Å². The molecule has 1 atom stereocenters. The summed E-state index contributed by atoms with van der Waals surface area (Å²) >= 11 is 0. The molecule has 20 heavy (non-hydrogen) atoms. The second-order valence-electron chi connectivity index (χ2n) is 4.85. The number of carbonyl (C=O) groups is 1. The largest absolute Gasteiger partial charge is 0.497 e. The zero-order chi connectivity index (χ0) is 14.1. The van der Waals surface area contributed by atoms with Crippen LogP contribution in [0.3, 0.4) is 0 Å². The van der Waals surface area contributed by atoms with Crippen molar-refractivity contribution in [2.24, 2.45) is 5.92 Å². The summed E-state index contributed by atoms with van der Waals surface area (Å²) in [5.41, 5.74) is 0.928. The highest BCUT2D eigenvalue weighted by molar-refractivity contribution is 5.70. The van der Waals surface area contributed by atoms with Crippen molar-refractivity contribution in [1.29, 1.82) is 0 Å². The fourth-order valence-corrected chi connectivity index (χ4v) is 2.52. The lowest BCUT2D eigenvalue weighted by atomic mass is 9.98. The number of fused-ring (bicyclic) bond motifs is 1. The third-order valence-corrected chi connectivity index (χ3v) is 3.63. The van der Waals surface area contributed by atoms with Gasteiger partial charge in [-0.3, -0.25) is 4.79 Å². The average molecular weight is 273 g/mol. The van der Waals surface area contributed by atoms with Gasteiger partial charge in [0.2, 0.25) is 0 Å². The van der Waals surface area contributed by atoms with Gasteiger partial charge >= 0.3 is 5.97 Å². The number of hydrogen-bond donors (Lipinski definition) is 1. The van der Waals surface area contributed by atoms with Crippen LogP contribution >= 0.6 is 0 Å². The Morgan fingerprint density at radius 1 is 1.45 bits per heavy atom. The first-order valence-electron chi connectivity index (χ1n) is 6.48. The van der Waals surface area contributed by atoms with E-state index in [2.05, 4.69) is 10.2 Å². The molecule has 2 aromatic rings. The Hall–Kier alpha value is -2.37. The molecule has 0 aliphatic carbocycles. The molecule has 0 bridgehead atoms. The van der Waals surface area contributed by atoms with Gasteiger partial charge in [0.25, 0.3) is 0 Å². The molecule has 104 valence electrons. The summed E-state index contributed by atoms with van der Waals surface area (Å²) in [6, 6.07) is 7.62. The van der Waals surface area contributed by atoms with Gasteiger partial charge in [-0.25, -0.2) is 0 Å². The number of aliphatic carboxylic acids is 1. The van der Waals surface area contributed by atoms with E-state index in [0.717, 1.165) is 23.0 Å². The molecule has 1 aliphatic heterocycles. The summed E-state index contributed by atoms with van der Waals surface area (Å²) < 4.78 is 7.20. The van der Waals surface area contributed by atoms with E-state index in [1.807, 2.05) is 28.8 Å². The summed E-state index contributed by atoms with van der Waals surface area (Å²) in [7, 11) is 1.62. The molecule has 1 aromatic carbocycles. The quantitative estimate of drug-likeness (QED) is 0.919. The Morgan fingerprint density at radius 2 is 2.30 bits per heavy atom. The predicted octanol–water partition coefficient (Wildman–Crippen LogP) is 1.60. The molecule has 1 aliphatic rings. The van der Waals surface area contributed by atoms with E-state index in [-0.39, 0.29) is 5.92 Å². The first-order chi connectivity index (χ1) is 9.69. The van der Waals surface area contributed by atoms with Crippen molar-refractivity contribution in [3.63, 3.8) is 0 Å². The maximum absolute atomic E-state index is 11.1. The third kappa shape index (κ3) is 2.13. The second-order valence-corrected chi connectivity index (χ2v) is 4.85. The molecule has 0 saturated heterocycles. The smallest absolute Gasteiger partial charge is 0.307 e. The molecule has 2 heterocycles. The number of hydrogen-bond acceptors (Lipinski definition) is 4. The van der Waals surface area contributed by atoms with E-state index in [4.69, 9.17) is 9.84 Å². The lowest BCUT2D eigenvalue weighted by Gasteiger charge is -2.20. The van der Waals surface area contributed by atoms with Crippen LogP contribution in [0.5, 0.6) is 5.75 Å². The van der Waals surface area contributed by atoms with Crippen LogP contribution in [0.15, 0.2) is 24.3 Å². The van der Waals surface area contributed by atoms with Gasteiger partial charge in [0, 0.05) is 18.5 Å². The first kappa shape index (κ1) is 12.7. The van der Waals surface area contributed by atoms with Crippen LogP contribution in [0, 0.1) is 5.92 Å². The van der Waals surface area contributed by atoms with Crippen LogP contribution in [0.1, 0.15) is 12.2 Å². The predicted molar refractivity (Wildman–Crippen MR) is 71.5 cm³/mol. The third-order valence-electron chi connectivity index (χ3n) is 3.63. The van der Waals surface area contributed by atoms with Gasteiger partial charge in [0.05, 0.1) is 13.0 Å². The summed E-state index contributed by atoms with van der Waals surface area (Å²) in [4.78, 5) is 11.1. The van der Waals surface area contributed by atoms with Crippen molar-refractivity contribution in [1.82, 2.24) is 14.8 Å². The maximum Gasteiger partial charge on any atom is 0.307 e. The molecular formula is C14H15N3O3. The van der Waals surface area contributed by atoms with Crippen molar-refractivity contribution in [2.75, 3.05) is 7.11 Å². The van der Waals surface area contributed by atoms with Crippen molar-refractivity contribution >= 4 is 5.97 Å². The summed E-state index contributed by atoms with van der Waals surface area (Å²) in [5.74, 6) is 1.15. The van der Waals surface area contributed by atoms with Gasteiger partial charge in [-0.15, -0.1) is 10.2 Å². The second kappa shape index (κ2) is 4.96. The lowest BCUT2D eigenvalue weighted by Crippen LogP contribution is -2.26. The van der Waals surface area contributed by atoms with Crippen LogP contribution in [-0.4, -0.2) is 33.0 Å². The number of rotatable bonds is 3. The van der Waals surface area contributed by atoms with E-state index in [1.54, 1.807) is 7.11 Å². The molecule has 0 saturated carbocycles. The SMILES string of the molecule is COc1cccc(-c2nnc3n2CCC(C(=O)O)C3)c1. The maximum atomic E-state index is 11.1. The first-order valence-corrected chi connectivity index (χ1v) is 6.48. The molecule has 6 nitrogen and oxygen atoms in total. The zero-order valence-electron chi connectivity index (χ0n) is 11.1. The number of methoxy groups -OCH3 is 1. The minimum Gasteiger partial charge on any atom is -0.497 e. The normalized spacial score (nSPS) is 17.6. The number of aromatic nitrogens is 3. The Bertz CT molecular complexity index is 651. The monoisotopic (exact) mass is 273 g/mol. The fraction of sp³-hybridized carbons (Fsp3) is 0.357. The fourth-order valence-electron chi connectivity index (χ4n) is 2.52. The molecule has 1 unspecified atom stereocenters. The molecule has 6 heteroatoms.